The van der Waals surface area contributed by atoms with Gasteiger partial charge in [0.1, 0.15) is 0 Å². The van der Waals surface area contributed by atoms with Gasteiger partial charge in [0.2, 0.25) is 0 Å². The lowest BCUT2D eigenvalue weighted by Gasteiger charge is -2.45. The first-order chi connectivity index (χ1) is 39.6. The second-order valence-electron chi connectivity index (χ2n) is 37.1. The molecule has 8 heteroatoms. The predicted octanol–water partition coefficient (Wildman–Crippen LogP) is 24.6. The zero-order valence-corrected chi connectivity index (χ0v) is 66.1. The van der Waals surface area contributed by atoms with Gasteiger partial charge in [-0.15, -0.1) is 0 Å². The van der Waals surface area contributed by atoms with Crippen molar-refractivity contribution >= 4 is 48.4 Å². The van der Waals surface area contributed by atoms with Crippen molar-refractivity contribution in [3.8, 4) is 0 Å². The number of ether oxygens (including phenoxy) is 2. The quantitative estimate of drug-likeness (QED) is 0.0635. The van der Waals surface area contributed by atoms with Crippen LogP contribution in [0.3, 0.4) is 0 Å². The number of hydrogen-bond donors (Lipinski definition) is 0. The van der Waals surface area contributed by atoms with E-state index in [2.05, 4.69) is 244 Å². The fraction of sp³-hybridized carbons (Fsp3) is 0.792. The summed E-state index contributed by atoms with van der Waals surface area (Å²) in [5, 5.41) is 0. The lowest BCUT2D eigenvalue weighted by molar-refractivity contribution is -0.00508. The van der Waals surface area contributed by atoms with E-state index in [0.717, 1.165) is 106 Å². The Kier molecular flexibility index (Phi) is 26.8. The van der Waals surface area contributed by atoms with Gasteiger partial charge in [-0.3, -0.25) is 0 Å². The number of unbranched alkanes of at least 4 members (excludes halogenated alkanes) is 6. The van der Waals surface area contributed by atoms with E-state index in [0.29, 0.717) is 0 Å². The summed E-state index contributed by atoms with van der Waals surface area (Å²) in [4.78, 5) is 0. The van der Waals surface area contributed by atoms with Crippen LogP contribution in [0.25, 0.3) is 0 Å². The summed E-state index contributed by atoms with van der Waals surface area (Å²) in [6.45, 7) is 56.4. The third-order valence-electron chi connectivity index (χ3n) is 22.3. The summed E-state index contributed by atoms with van der Waals surface area (Å²) >= 11 is 0. The maximum atomic E-state index is 6.05. The van der Waals surface area contributed by atoms with Crippen molar-refractivity contribution in [2.75, 3.05) is 13.2 Å². The molecule has 8 aliphatic carbocycles. The van der Waals surface area contributed by atoms with E-state index in [1.807, 2.05) is 0 Å². The van der Waals surface area contributed by atoms with Crippen LogP contribution in [0.15, 0.2) is 97.2 Å². The van der Waals surface area contributed by atoms with E-state index >= 15 is 0 Å². The van der Waals surface area contributed by atoms with Crippen LogP contribution in [0.2, 0.25) is 150 Å². The first-order valence-electron chi connectivity index (χ1n) is 36.2. The van der Waals surface area contributed by atoms with Crippen molar-refractivity contribution < 1.29 is 9.47 Å². The van der Waals surface area contributed by atoms with Crippen LogP contribution in [-0.4, -0.2) is 72.9 Å². The van der Waals surface area contributed by atoms with Gasteiger partial charge in [0.15, 0.2) is 0 Å². The van der Waals surface area contributed by atoms with E-state index < -0.39 is 48.4 Å². The van der Waals surface area contributed by atoms with E-state index in [4.69, 9.17) is 9.47 Å². The van der Waals surface area contributed by atoms with Crippen molar-refractivity contribution in [2.45, 2.75) is 300 Å². The van der Waals surface area contributed by atoms with E-state index in [-0.39, 0.29) is 11.2 Å². The lowest BCUT2D eigenvalue weighted by atomic mass is 9.87. The molecule has 484 valence electrons. The Morgan fingerprint density at radius 3 is 0.706 bits per heavy atom. The average molecular weight is 1270 g/mol. The summed E-state index contributed by atoms with van der Waals surface area (Å²) in [5.74, 6) is 10.1. The van der Waals surface area contributed by atoms with Crippen molar-refractivity contribution in [1.29, 1.82) is 0 Å². The van der Waals surface area contributed by atoms with E-state index in [1.54, 1.807) is 12.1 Å². The third-order valence-corrected chi connectivity index (χ3v) is 41.4. The molecule has 0 spiro atoms. The first-order valence-corrected chi connectivity index (χ1v) is 56.8. The number of hydrogen-bond acceptors (Lipinski definition) is 2. The van der Waals surface area contributed by atoms with Crippen LogP contribution < -0.4 is 0 Å². The van der Waals surface area contributed by atoms with Crippen LogP contribution in [0.4, 0.5) is 0 Å². The van der Waals surface area contributed by atoms with Crippen LogP contribution >= 0.6 is 0 Å². The van der Waals surface area contributed by atoms with E-state index in [9.17, 15) is 0 Å². The molecule has 0 aliphatic heterocycles. The molecule has 0 heterocycles. The molecule has 0 amide bonds. The number of allylic oxidation sites excluding steroid dienone is 16. The zero-order chi connectivity index (χ0) is 62.8. The number of fused-ring (bicyclic) bond motifs is 4. The van der Waals surface area contributed by atoms with E-state index in [1.165, 1.54) is 108 Å². The highest BCUT2D eigenvalue weighted by atomic mass is 28.3. The molecule has 2 nitrogen and oxygen atoms in total. The topological polar surface area (TPSA) is 18.5 Å². The Hall–Kier alpha value is -0.859. The molecule has 0 aromatic carbocycles. The molecule has 8 rings (SSSR count). The maximum Gasteiger partial charge on any atom is 0.0598 e. The Bertz CT molecular complexity index is 2000. The minimum Gasteiger partial charge on any atom is -0.376 e. The Labute approximate surface area is 535 Å². The molecule has 0 N–H and O–H groups in total. The monoisotopic (exact) mass is 1260 g/mol. The fourth-order valence-electron chi connectivity index (χ4n) is 19.5. The molecule has 16 atom stereocenters. The molecule has 0 aromatic rings. The van der Waals surface area contributed by atoms with Gasteiger partial charge in [0.05, 0.1) is 27.3 Å². The van der Waals surface area contributed by atoms with Crippen LogP contribution in [-0.2, 0) is 9.47 Å². The molecule has 0 aromatic heterocycles. The third kappa shape index (κ3) is 21.6. The molecule has 4 fully saturated rings. The average Bonchev–Trinajstić information content (AvgIpc) is 1.79. The number of rotatable bonds is 26. The van der Waals surface area contributed by atoms with Gasteiger partial charge in [-0.1, -0.05) is 284 Å². The minimum absolute atomic E-state index is 0.00760. The van der Waals surface area contributed by atoms with Gasteiger partial charge in [0, 0.05) is 45.5 Å². The minimum atomic E-state index is -1.60. The second kappa shape index (κ2) is 31.2. The normalized spacial score (nSPS) is 33.6. The SMILES string of the molecule is CC(C)(C)OCCCCCC[Si](C)(C1CC(C[Si](C)(C)C)C2C=CC=CC21)C1CC(C[Si](C)(C)C)C2C=CC=CC21.CC(C)(C)OCCCCCC[Si](C)(C1CC(C[Si](C)(C)C)C2C=CC=CC21)C1CC(C[Si](C)(C)C)C2C=CC=CC21.CCC. The van der Waals surface area contributed by atoms with Crippen molar-refractivity contribution in [1.82, 2.24) is 0 Å². The largest absolute Gasteiger partial charge is 0.376 e. The van der Waals surface area contributed by atoms with Crippen molar-refractivity contribution in [3.63, 3.8) is 0 Å². The standard InChI is InChI=1S/2C37H66OSi3.C3H8/c2*1-37(2,3)38-23-17-11-12-18-24-41(10,35-25-29(27-39(4,5)6)31-19-13-15-21-33(31)35)36-26-30(28-40(7,8)9)32-20-14-16-22-34(32)36;1-3-2/h2*13-16,19-22,29-36H,11-12,17-18,23-28H2,1-10H3;3H2,1-2H3. The van der Waals surface area contributed by atoms with Gasteiger partial charge >= 0.3 is 0 Å². The van der Waals surface area contributed by atoms with Crippen molar-refractivity contribution in [2.24, 2.45) is 71.0 Å². The maximum absolute atomic E-state index is 6.05. The smallest absolute Gasteiger partial charge is 0.0598 e. The molecular formula is C77H140O2Si6. The summed E-state index contributed by atoms with van der Waals surface area (Å²) in [7, 11) is -7.66. The van der Waals surface area contributed by atoms with Crippen molar-refractivity contribution in [3.05, 3.63) is 97.2 Å². The summed E-state index contributed by atoms with van der Waals surface area (Å²) in [6.07, 6.45) is 58.7. The Morgan fingerprint density at radius 1 is 0.306 bits per heavy atom. The summed E-state index contributed by atoms with van der Waals surface area (Å²) in [5.41, 5.74) is 3.80. The molecule has 0 bridgehead atoms. The summed E-state index contributed by atoms with van der Waals surface area (Å²) < 4.78 is 12.1. The molecule has 4 saturated carbocycles. The highest BCUT2D eigenvalue weighted by molar-refractivity contribution is 6.82. The lowest BCUT2D eigenvalue weighted by Crippen LogP contribution is -2.45. The van der Waals surface area contributed by atoms with Crippen LogP contribution in [0.1, 0.15) is 139 Å². The van der Waals surface area contributed by atoms with Gasteiger partial charge in [-0.05, 0) is 173 Å². The van der Waals surface area contributed by atoms with Crippen LogP contribution in [0, 0.1) is 71.0 Å². The van der Waals surface area contributed by atoms with Gasteiger partial charge < -0.3 is 9.47 Å². The molecule has 85 heavy (non-hydrogen) atoms. The van der Waals surface area contributed by atoms with Gasteiger partial charge in [0.25, 0.3) is 0 Å². The van der Waals surface area contributed by atoms with Gasteiger partial charge in [-0.2, -0.15) is 0 Å². The predicted molar refractivity (Wildman–Crippen MR) is 398 cm³/mol. The van der Waals surface area contributed by atoms with Gasteiger partial charge in [-0.25, -0.2) is 0 Å². The summed E-state index contributed by atoms with van der Waals surface area (Å²) in [6, 6.07) is 9.14. The molecular weight excluding hydrogens is 1130 g/mol. The molecule has 8 aliphatic rings. The molecule has 0 radical (unpaired) electrons. The zero-order valence-electron chi connectivity index (χ0n) is 60.1. The Balaban J connectivity index is 0.000000260. The Morgan fingerprint density at radius 2 is 0.506 bits per heavy atom. The highest BCUT2D eigenvalue weighted by Crippen LogP contribution is 2.66. The first kappa shape index (κ1) is 73.2. The van der Waals surface area contributed by atoms with Crippen LogP contribution in [0.5, 0.6) is 0 Å². The highest BCUT2D eigenvalue weighted by Gasteiger charge is 2.60. The molecule has 16 unspecified atom stereocenters. The second-order valence-corrected chi connectivity index (χ2v) is 69.2. The molecule has 0 saturated heterocycles. The fourth-order valence-corrected chi connectivity index (χ4v) is 40.3.